The van der Waals surface area contributed by atoms with Crippen LogP contribution < -0.4 is 0 Å². The Morgan fingerprint density at radius 1 is 0.585 bits per heavy atom. The van der Waals surface area contributed by atoms with Crippen LogP contribution in [0.25, 0.3) is 0 Å². The zero-order chi connectivity index (χ0) is 31.9. The second kappa shape index (κ2) is 9.60. The molecule has 4 nitrogen and oxygen atoms in total. The first kappa shape index (κ1) is 33.7. The van der Waals surface area contributed by atoms with Crippen molar-refractivity contribution in [3.8, 4) is 0 Å². The molecule has 4 aliphatic carbocycles. The summed E-state index contributed by atoms with van der Waals surface area (Å²) in [6, 6.07) is 0. The third-order valence-corrected chi connectivity index (χ3v) is 7.30. The molecule has 0 N–H and O–H groups in total. The van der Waals surface area contributed by atoms with E-state index in [2.05, 4.69) is 9.47 Å². The van der Waals surface area contributed by atoms with Gasteiger partial charge in [-0.05, 0) is 56.3 Å². The molecule has 41 heavy (non-hydrogen) atoms. The van der Waals surface area contributed by atoms with Gasteiger partial charge in [0.1, 0.15) is 0 Å². The maximum absolute atomic E-state index is 14.7. The number of hydrogen-bond acceptors (Lipinski definition) is 4. The molecule has 0 spiro atoms. The number of hydrogen-bond donors (Lipinski definition) is 0. The average molecular weight is 644 g/mol. The monoisotopic (exact) mass is 644 g/mol. The van der Waals surface area contributed by atoms with Crippen LogP contribution in [0.4, 0.5) is 74.6 Å². The van der Waals surface area contributed by atoms with Gasteiger partial charge in [-0.15, -0.1) is 0 Å². The second-order valence-electron chi connectivity index (χ2n) is 10.4. The Bertz CT molecular complexity index is 968. The number of rotatable bonds is 9. The van der Waals surface area contributed by atoms with Crippen LogP contribution in [-0.2, 0) is 19.0 Å². The van der Waals surface area contributed by atoms with E-state index >= 15 is 0 Å². The van der Waals surface area contributed by atoms with E-state index in [9.17, 15) is 79.4 Å². The third-order valence-electron chi connectivity index (χ3n) is 7.30. The van der Waals surface area contributed by atoms with Gasteiger partial charge in [0.25, 0.3) is 0 Å². The molecule has 0 aromatic rings. The lowest BCUT2D eigenvalue weighted by molar-refractivity contribution is -0.552. The lowest BCUT2D eigenvalue weighted by Gasteiger charge is -2.55. The van der Waals surface area contributed by atoms with Crippen LogP contribution in [0.2, 0.25) is 0 Å². The highest BCUT2D eigenvalue weighted by molar-refractivity contribution is 5.77. The Hall–Kier alpha value is -1.80. The molecule has 0 aromatic heterocycles. The number of ether oxygens (including phenoxy) is 3. The topological polar surface area (TPSA) is 44.8 Å². The Morgan fingerprint density at radius 3 is 1.34 bits per heavy atom. The minimum Gasteiger partial charge on any atom is -0.459 e. The maximum Gasteiger partial charge on any atom is 0.462 e. The molecule has 240 valence electrons. The number of esters is 1. The molecule has 4 fully saturated rings. The molecule has 0 aromatic carbocycles. The van der Waals surface area contributed by atoms with E-state index in [1.54, 1.807) is 0 Å². The molecule has 4 rings (SSSR count). The quantitative estimate of drug-likeness (QED) is 0.192. The van der Waals surface area contributed by atoms with Crippen LogP contribution in [0.5, 0.6) is 0 Å². The highest BCUT2D eigenvalue weighted by atomic mass is 19.4. The lowest BCUT2D eigenvalue weighted by Crippen LogP contribution is -2.67. The van der Waals surface area contributed by atoms with E-state index in [1.165, 1.54) is 4.74 Å². The van der Waals surface area contributed by atoms with Crippen LogP contribution in [0, 0.1) is 23.2 Å². The SMILES string of the molecule is O=C(OCC(F)(OC(F)(F)C(F)(OC(F)(F)C(F)(F)C(F)(F)F)C(F)(F)F)C(F)(F)F)C12CC3CC(CC(C3)C1)C2. The maximum atomic E-state index is 14.7. The van der Waals surface area contributed by atoms with Gasteiger partial charge in [0.05, 0.1) is 5.41 Å². The molecular formula is C20H17F17O4. The van der Waals surface area contributed by atoms with Gasteiger partial charge >= 0.3 is 54.3 Å². The van der Waals surface area contributed by atoms with Gasteiger partial charge < -0.3 is 4.74 Å². The Balaban J connectivity index is 1.90. The molecule has 0 radical (unpaired) electrons. The number of carbonyl (C=O) groups excluding carboxylic acids is 1. The van der Waals surface area contributed by atoms with Crippen molar-refractivity contribution < 1.29 is 93.6 Å². The molecule has 0 aliphatic heterocycles. The van der Waals surface area contributed by atoms with E-state index in [0.29, 0.717) is 19.3 Å². The number of alkyl halides is 17. The number of halogens is 17. The van der Waals surface area contributed by atoms with Crippen molar-refractivity contribution in [3.05, 3.63) is 0 Å². The fourth-order valence-corrected chi connectivity index (χ4v) is 5.80. The summed E-state index contributed by atoms with van der Waals surface area (Å²) in [4.78, 5) is 12.6. The van der Waals surface area contributed by atoms with Gasteiger partial charge in [0, 0.05) is 0 Å². The Morgan fingerprint density at radius 2 is 1.00 bits per heavy atom. The zero-order valence-electron chi connectivity index (χ0n) is 19.7. The minimum absolute atomic E-state index is 0.0131. The lowest BCUT2D eigenvalue weighted by atomic mass is 9.49. The Kier molecular flexibility index (Phi) is 7.89. The van der Waals surface area contributed by atoms with Gasteiger partial charge in [-0.3, -0.25) is 14.3 Å². The van der Waals surface area contributed by atoms with E-state index in [0.717, 1.165) is 0 Å². The summed E-state index contributed by atoms with van der Waals surface area (Å²) in [5, 5.41) is 0. The molecule has 2 atom stereocenters. The van der Waals surface area contributed by atoms with Gasteiger partial charge in [0.15, 0.2) is 6.61 Å². The van der Waals surface area contributed by atoms with E-state index in [-0.39, 0.29) is 37.0 Å². The van der Waals surface area contributed by atoms with Crippen molar-refractivity contribution in [2.24, 2.45) is 23.2 Å². The highest BCUT2D eigenvalue weighted by Crippen LogP contribution is 2.61. The van der Waals surface area contributed by atoms with E-state index in [4.69, 9.17) is 0 Å². The van der Waals surface area contributed by atoms with Crippen molar-refractivity contribution in [2.75, 3.05) is 6.61 Å². The van der Waals surface area contributed by atoms with Gasteiger partial charge in [0.2, 0.25) is 0 Å². The smallest absolute Gasteiger partial charge is 0.459 e. The standard InChI is InChI=1S/C20H17F17O4/c21-13(16(25,26)27,7-39-11(38)12-4-8-1-9(5-12)3-10(2-8)6-12)40-20(36,37)15(24,18(31,32)33)41-19(34,35)14(22,23)17(28,29)30/h8-10H,1-7H2. The van der Waals surface area contributed by atoms with Crippen LogP contribution in [-0.4, -0.2) is 61.0 Å². The zero-order valence-corrected chi connectivity index (χ0v) is 19.7. The summed E-state index contributed by atoms with van der Waals surface area (Å²) in [6.07, 6.45) is -36.2. The first-order valence-corrected chi connectivity index (χ1v) is 11.3. The van der Waals surface area contributed by atoms with Crippen LogP contribution in [0.15, 0.2) is 0 Å². The summed E-state index contributed by atoms with van der Waals surface area (Å²) in [6.45, 7) is -3.07. The van der Waals surface area contributed by atoms with Crippen molar-refractivity contribution in [1.29, 1.82) is 0 Å². The average Bonchev–Trinajstić information content (AvgIpc) is 2.73. The molecule has 0 amide bonds. The molecule has 2 unspecified atom stereocenters. The predicted octanol–water partition coefficient (Wildman–Crippen LogP) is 7.62. The molecule has 4 aliphatic rings. The predicted molar refractivity (Wildman–Crippen MR) is 94.4 cm³/mol. The third kappa shape index (κ3) is 5.64. The second-order valence-corrected chi connectivity index (χ2v) is 10.4. The number of carbonyl (C=O) groups is 1. The molecular weight excluding hydrogens is 627 g/mol. The fraction of sp³-hybridized carbons (Fsp3) is 0.950. The van der Waals surface area contributed by atoms with Crippen LogP contribution >= 0.6 is 0 Å². The summed E-state index contributed by atoms with van der Waals surface area (Å²) in [5.41, 5.74) is -1.53. The van der Waals surface area contributed by atoms with Gasteiger partial charge in [-0.25, -0.2) is 0 Å². The van der Waals surface area contributed by atoms with E-state index in [1.807, 2.05) is 0 Å². The summed E-state index contributed by atoms with van der Waals surface area (Å²) in [5.74, 6) is -24.1. The van der Waals surface area contributed by atoms with Crippen molar-refractivity contribution in [3.63, 3.8) is 0 Å². The molecule has 0 heterocycles. The molecule has 4 saturated carbocycles. The van der Waals surface area contributed by atoms with Gasteiger partial charge in [-0.1, -0.05) is 0 Å². The van der Waals surface area contributed by atoms with Crippen LogP contribution in [0.1, 0.15) is 38.5 Å². The van der Waals surface area contributed by atoms with Crippen molar-refractivity contribution in [2.45, 2.75) is 86.9 Å². The fourth-order valence-electron chi connectivity index (χ4n) is 5.80. The first-order valence-electron chi connectivity index (χ1n) is 11.3. The highest BCUT2D eigenvalue weighted by Gasteiger charge is 2.85. The minimum atomic E-state index is -7.97. The van der Waals surface area contributed by atoms with Crippen molar-refractivity contribution in [1.82, 2.24) is 0 Å². The van der Waals surface area contributed by atoms with Crippen molar-refractivity contribution >= 4 is 5.97 Å². The largest absolute Gasteiger partial charge is 0.462 e. The molecule has 0 saturated heterocycles. The summed E-state index contributed by atoms with van der Waals surface area (Å²) >= 11 is 0. The van der Waals surface area contributed by atoms with E-state index < -0.39 is 66.4 Å². The Labute approximate surface area is 217 Å². The molecule has 4 bridgehead atoms. The summed E-state index contributed by atoms with van der Waals surface area (Å²) in [7, 11) is 0. The molecule has 21 heteroatoms. The first-order chi connectivity index (χ1) is 18.0. The van der Waals surface area contributed by atoms with Gasteiger partial charge in [-0.2, -0.15) is 74.6 Å². The summed E-state index contributed by atoms with van der Waals surface area (Å²) < 4.78 is 233. The normalized spacial score (nSPS) is 30.6. The van der Waals surface area contributed by atoms with Crippen LogP contribution in [0.3, 0.4) is 0 Å².